The van der Waals surface area contributed by atoms with Crippen LogP contribution in [0, 0.1) is 5.92 Å². The van der Waals surface area contributed by atoms with Gasteiger partial charge in [-0.25, -0.2) is 9.97 Å². The molecule has 152 valence electrons. The van der Waals surface area contributed by atoms with Crippen molar-refractivity contribution in [2.45, 2.75) is 37.8 Å². The van der Waals surface area contributed by atoms with E-state index in [2.05, 4.69) is 20.2 Å². The molecule has 2 N–H and O–H groups in total. The van der Waals surface area contributed by atoms with Gasteiger partial charge in [0.2, 0.25) is 5.91 Å². The molecule has 2 heterocycles. The van der Waals surface area contributed by atoms with E-state index in [1.54, 1.807) is 4.90 Å². The average molecular weight is 388 g/mol. The Morgan fingerprint density at radius 2 is 2.11 bits per heavy atom. The number of hydrogen-bond acceptors (Lipinski definition) is 7. The van der Waals surface area contributed by atoms with Crippen molar-refractivity contribution in [1.82, 2.24) is 19.8 Å². The van der Waals surface area contributed by atoms with Gasteiger partial charge in [-0.3, -0.25) is 14.5 Å². The number of piperazine rings is 1. The number of hydrogen-bond donors (Lipinski definition) is 2. The van der Waals surface area contributed by atoms with Gasteiger partial charge in [0.25, 0.3) is 0 Å². The molecule has 1 saturated heterocycles. The van der Waals surface area contributed by atoms with E-state index in [0.717, 1.165) is 37.6 Å². The van der Waals surface area contributed by atoms with E-state index in [9.17, 15) is 14.7 Å². The van der Waals surface area contributed by atoms with Crippen molar-refractivity contribution < 1.29 is 14.7 Å². The van der Waals surface area contributed by atoms with Gasteiger partial charge in [0.1, 0.15) is 18.0 Å². The molecule has 1 aliphatic heterocycles. The molecule has 1 amide bonds. The number of anilines is 2. The summed E-state index contributed by atoms with van der Waals surface area (Å²) in [7, 11) is 1.82. The first-order valence-electron chi connectivity index (χ1n) is 10.0. The highest BCUT2D eigenvalue weighted by Gasteiger charge is 2.37. The Labute approximate surface area is 164 Å². The van der Waals surface area contributed by atoms with E-state index >= 15 is 0 Å². The molecule has 0 unspecified atom stereocenters. The summed E-state index contributed by atoms with van der Waals surface area (Å²) in [5, 5.41) is 12.6. The number of carbonyl (C=O) groups is 2. The lowest BCUT2D eigenvalue weighted by Gasteiger charge is -2.43. The van der Waals surface area contributed by atoms with E-state index in [4.69, 9.17) is 0 Å². The van der Waals surface area contributed by atoms with Gasteiger partial charge in [-0.05, 0) is 31.6 Å². The first-order valence-corrected chi connectivity index (χ1v) is 10.0. The maximum absolute atomic E-state index is 11.9. The molecule has 2 saturated carbocycles. The molecule has 1 aromatic rings. The summed E-state index contributed by atoms with van der Waals surface area (Å²) < 4.78 is 0. The fourth-order valence-corrected chi connectivity index (χ4v) is 3.91. The number of aliphatic carboxylic acids is 1. The maximum atomic E-state index is 11.9. The van der Waals surface area contributed by atoms with Crippen molar-refractivity contribution >= 4 is 23.5 Å². The fourth-order valence-electron chi connectivity index (χ4n) is 3.91. The summed E-state index contributed by atoms with van der Waals surface area (Å²) >= 11 is 0. The van der Waals surface area contributed by atoms with Crippen LogP contribution in [0.5, 0.6) is 0 Å². The molecule has 0 atom stereocenters. The van der Waals surface area contributed by atoms with Crippen LogP contribution in [0.25, 0.3) is 0 Å². The monoisotopic (exact) mass is 388 g/mol. The Balaban J connectivity index is 1.30. The van der Waals surface area contributed by atoms with Gasteiger partial charge in [-0.1, -0.05) is 0 Å². The standard InChI is InChI=1S/C19H28N6O3/c1-23-4-5-24(10-18(23)26)17-8-16(20-12-21-17)22-14-6-15(7-14)25(11-19(27)28)9-13-2-3-13/h8,12-15H,2-7,9-11H2,1H3,(H,27,28)(H,20,21,22). The van der Waals surface area contributed by atoms with Crippen LogP contribution in [-0.4, -0.2) is 88.6 Å². The highest BCUT2D eigenvalue weighted by molar-refractivity contribution is 5.82. The van der Waals surface area contributed by atoms with Gasteiger partial charge in [0, 0.05) is 44.8 Å². The summed E-state index contributed by atoms with van der Waals surface area (Å²) in [6.07, 6.45) is 5.82. The van der Waals surface area contributed by atoms with Crippen LogP contribution in [-0.2, 0) is 9.59 Å². The first kappa shape index (κ1) is 18.9. The topological polar surface area (TPSA) is 102 Å². The number of amides is 1. The van der Waals surface area contributed by atoms with Gasteiger partial charge >= 0.3 is 5.97 Å². The van der Waals surface area contributed by atoms with Crippen LogP contribution in [0.2, 0.25) is 0 Å². The Morgan fingerprint density at radius 1 is 1.32 bits per heavy atom. The molecule has 9 nitrogen and oxygen atoms in total. The van der Waals surface area contributed by atoms with E-state index in [-0.39, 0.29) is 18.5 Å². The van der Waals surface area contributed by atoms with Crippen LogP contribution in [0.1, 0.15) is 25.7 Å². The number of carboxylic acids is 1. The number of likely N-dealkylation sites (N-methyl/N-ethyl adjacent to an activating group) is 1. The van der Waals surface area contributed by atoms with Crippen LogP contribution < -0.4 is 10.2 Å². The van der Waals surface area contributed by atoms with Crippen LogP contribution in [0.3, 0.4) is 0 Å². The van der Waals surface area contributed by atoms with E-state index in [1.807, 2.05) is 18.0 Å². The van der Waals surface area contributed by atoms with E-state index < -0.39 is 5.97 Å². The third kappa shape index (κ3) is 4.52. The second-order valence-electron chi connectivity index (χ2n) is 8.23. The third-order valence-electron chi connectivity index (χ3n) is 5.94. The zero-order valence-electron chi connectivity index (χ0n) is 16.3. The van der Waals surface area contributed by atoms with Crippen LogP contribution >= 0.6 is 0 Å². The molecule has 28 heavy (non-hydrogen) atoms. The molecule has 3 fully saturated rings. The zero-order valence-corrected chi connectivity index (χ0v) is 16.3. The Bertz CT molecular complexity index is 734. The second-order valence-corrected chi connectivity index (χ2v) is 8.23. The van der Waals surface area contributed by atoms with Crippen molar-refractivity contribution in [1.29, 1.82) is 0 Å². The van der Waals surface area contributed by atoms with Gasteiger partial charge in [-0.2, -0.15) is 0 Å². The van der Waals surface area contributed by atoms with Gasteiger partial charge in [0.15, 0.2) is 0 Å². The molecule has 0 bridgehead atoms. The van der Waals surface area contributed by atoms with Gasteiger partial charge in [-0.15, -0.1) is 0 Å². The first-order chi connectivity index (χ1) is 13.5. The number of carbonyl (C=O) groups excluding carboxylic acids is 1. The van der Waals surface area contributed by atoms with Crippen molar-refractivity contribution in [3.8, 4) is 0 Å². The zero-order chi connectivity index (χ0) is 19.7. The third-order valence-corrected chi connectivity index (χ3v) is 5.94. The average Bonchev–Trinajstić information content (AvgIpc) is 3.43. The normalized spacial score (nSPS) is 25.0. The highest BCUT2D eigenvalue weighted by Crippen LogP contribution is 2.34. The number of carboxylic acid groups (broad SMARTS) is 1. The second kappa shape index (κ2) is 7.90. The molecule has 0 aromatic carbocycles. The summed E-state index contributed by atoms with van der Waals surface area (Å²) in [5.74, 6) is 1.54. The smallest absolute Gasteiger partial charge is 0.317 e. The lowest BCUT2D eigenvalue weighted by Crippen LogP contribution is -2.52. The Kier molecular flexibility index (Phi) is 5.34. The lowest BCUT2D eigenvalue weighted by atomic mass is 9.85. The summed E-state index contributed by atoms with van der Waals surface area (Å²) in [6, 6.07) is 2.51. The van der Waals surface area contributed by atoms with Gasteiger partial charge in [0.05, 0.1) is 13.1 Å². The fraction of sp³-hybridized carbons (Fsp3) is 0.684. The number of nitrogens with zero attached hydrogens (tertiary/aromatic N) is 5. The quantitative estimate of drug-likeness (QED) is 0.664. The minimum Gasteiger partial charge on any atom is -0.480 e. The molecule has 0 radical (unpaired) electrons. The van der Waals surface area contributed by atoms with Gasteiger partial charge < -0.3 is 20.2 Å². The SMILES string of the molecule is CN1CCN(c2cc(NC3CC(N(CC(=O)O)CC4CC4)C3)ncn2)CC1=O. The molecular formula is C19H28N6O3. The van der Waals surface area contributed by atoms with Crippen LogP contribution in [0.15, 0.2) is 12.4 Å². The van der Waals surface area contributed by atoms with Crippen molar-refractivity contribution in [3.05, 3.63) is 12.4 Å². The minimum atomic E-state index is -0.751. The predicted octanol–water partition coefficient (Wildman–Crippen LogP) is 0.495. The number of rotatable bonds is 8. The molecule has 3 aliphatic rings. The molecule has 4 rings (SSSR count). The summed E-state index contributed by atoms with van der Waals surface area (Å²) in [5.41, 5.74) is 0. The summed E-state index contributed by atoms with van der Waals surface area (Å²) in [6.45, 7) is 2.82. The number of nitrogens with one attached hydrogen (secondary N) is 1. The lowest BCUT2D eigenvalue weighted by molar-refractivity contribution is -0.139. The van der Waals surface area contributed by atoms with E-state index in [1.165, 1.54) is 19.2 Å². The Hall–Kier alpha value is -2.42. The Morgan fingerprint density at radius 3 is 2.79 bits per heavy atom. The highest BCUT2D eigenvalue weighted by atomic mass is 16.4. The van der Waals surface area contributed by atoms with Crippen molar-refractivity contribution in [3.63, 3.8) is 0 Å². The largest absolute Gasteiger partial charge is 0.480 e. The van der Waals surface area contributed by atoms with Crippen molar-refractivity contribution in [2.75, 3.05) is 50.0 Å². The van der Waals surface area contributed by atoms with E-state index in [0.29, 0.717) is 25.0 Å². The number of aromatic nitrogens is 2. The molecule has 1 aromatic heterocycles. The summed E-state index contributed by atoms with van der Waals surface area (Å²) in [4.78, 5) is 37.6. The van der Waals surface area contributed by atoms with Crippen LogP contribution in [0.4, 0.5) is 11.6 Å². The van der Waals surface area contributed by atoms with Crippen molar-refractivity contribution in [2.24, 2.45) is 5.92 Å². The predicted molar refractivity (Wildman–Crippen MR) is 104 cm³/mol. The molecule has 0 spiro atoms. The minimum absolute atomic E-state index is 0.0930. The molecule has 2 aliphatic carbocycles. The molecule has 9 heteroatoms. The maximum Gasteiger partial charge on any atom is 0.317 e. The molecular weight excluding hydrogens is 360 g/mol.